The minimum Gasteiger partial charge on any atom is -0.488 e. The summed E-state index contributed by atoms with van der Waals surface area (Å²) in [5, 5.41) is 8.89. The molecule has 1 aliphatic rings. The summed E-state index contributed by atoms with van der Waals surface area (Å²) in [7, 11) is 0. The lowest BCUT2D eigenvalue weighted by Gasteiger charge is -2.32. The van der Waals surface area contributed by atoms with Gasteiger partial charge in [0.2, 0.25) is 0 Å². The zero-order valence-electron chi connectivity index (χ0n) is 10.1. The molecule has 0 saturated carbocycles. The molecular weight excluding hydrogens is 198 g/mol. The topological polar surface area (TPSA) is 33.0 Å². The summed E-state index contributed by atoms with van der Waals surface area (Å²) in [4.78, 5) is 0. The van der Waals surface area contributed by atoms with E-state index in [0.29, 0.717) is 0 Å². The quantitative estimate of drug-likeness (QED) is 0.719. The van der Waals surface area contributed by atoms with E-state index in [1.54, 1.807) is 0 Å². The van der Waals surface area contributed by atoms with Gasteiger partial charge in [-0.05, 0) is 50.8 Å². The van der Waals surface area contributed by atoms with Gasteiger partial charge in [0.15, 0.2) is 0 Å². The van der Waals surface area contributed by atoms with Crippen LogP contribution in [0, 0.1) is 11.3 Å². The van der Waals surface area contributed by atoms with E-state index in [2.05, 4.69) is 26.0 Å². The molecule has 1 heterocycles. The highest BCUT2D eigenvalue weighted by Gasteiger charge is 2.26. The van der Waals surface area contributed by atoms with Crippen molar-refractivity contribution in [2.24, 2.45) is 0 Å². The Labute approximate surface area is 96.9 Å². The third-order valence-corrected chi connectivity index (χ3v) is 3.16. The number of aryl methyl sites for hydroxylation is 1. The molecule has 2 rings (SSSR count). The maximum Gasteiger partial charge on any atom is 0.123 e. The number of hydrogen-bond acceptors (Lipinski definition) is 2. The third-order valence-electron chi connectivity index (χ3n) is 3.16. The van der Waals surface area contributed by atoms with E-state index in [-0.39, 0.29) is 11.5 Å². The van der Waals surface area contributed by atoms with Crippen molar-refractivity contribution in [1.82, 2.24) is 0 Å². The van der Waals surface area contributed by atoms with Gasteiger partial charge in [-0.15, -0.1) is 0 Å². The monoisotopic (exact) mass is 215 g/mol. The van der Waals surface area contributed by atoms with Gasteiger partial charge in [0, 0.05) is 0 Å². The summed E-state index contributed by atoms with van der Waals surface area (Å²) >= 11 is 0. The Hall–Kier alpha value is -1.49. The first-order valence-electron chi connectivity index (χ1n) is 5.73. The summed E-state index contributed by atoms with van der Waals surface area (Å²) in [6.07, 6.45) is 2.07. The van der Waals surface area contributed by atoms with Crippen LogP contribution in [0.5, 0.6) is 5.75 Å². The molecule has 16 heavy (non-hydrogen) atoms. The predicted molar refractivity (Wildman–Crippen MR) is 63.5 cm³/mol. The summed E-state index contributed by atoms with van der Waals surface area (Å²) in [6.45, 7) is 6.15. The first-order chi connectivity index (χ1) is 7.52. The average molecular weight is 215 g/mol. The van der Waals surface area contributed by atoms with Crippen molar-refractivity contribution in [2.75, 3.05) is 0 Å². The zero-order valence-corrected chi connectivity index (χ0v) is 10.1. The number of benzene rings is 1. The van der Waals surface area contributed by atoms with Gasteiger partial charge in [0.25, 0.3) is 0 Å². The molecule has 0 spiro atoms. The fourth-order valence-corrected chi connectivity index (χ4v) is 2.02. The number of ether oxygens (including phenoxy) is 1. The van der Waals surface area contributed by atoms with Crippen molar-refractivity contribution < 1.29 is 4.74 Å². The van der Waals surface area contributed by atoms with Gasteiger partial charge in [-0.25, -0.2) is 0 Å². The second-order valence-electron chi connectivity index (χ2n) is 5.08. The van der Waals surface area contributed by atoms with Gasteiger partial charge in [-0.3, -0.25) is 0 Å². The summed E-state index contributed by atoms with van der Waals surface area (Å²) < 4.78 is 5.90. The van der Waals surface area contributed by atoms with E-state index in [1.165, 1.54) is 5.56 Å². The van der Waals surface area contributed by atoms with E-state index in [0.717, 1.165) is 24.2 Å². The number of rotatable bonds is 1. The molecule has 1 aromatic carbocycles. The van der Waals surface area contributed by atoms with Gasteiger partial charge in [-0.2, -0.15) is 5.26 Å². The molecule has 0 aliphatic carbocycles. The van der Waals surface area contributed by atoms with Gasteiger partial charge in [-0.1, -0.05) is 12.1 Å². The second-order valence-corrected chi connectivity index (χ2v) is 5.08. The van der Waals surface area contributed by atoms with Crippen molar-refractivity contribution >= 4 is 0 Å². The van der Waals surface area contributed by atoms with Crippen LogP contribution in [0.3, 0.4) is 0 Å². The van der Waals surface area contributed by atoms with Crippen LogP contribution in [0.15, 0.2) is 18.2 Å². The fraction of sp³-hybridized carbons (Fsp3) is 0.500. The maximum absolute atomic E-state index is 8.89. The predicted octanol–water partition coefficient (Wildman–Crippen LogP) is 3.42. The number of nitriles is 1. The van der Waals surface area contributed by atoms with Crippen LogP contribution in [0.1, 0.15) is 44.2 Å². The van der Waals surface area contributed by atoms with Crippen LogP contribution < -0.4 is 4.74 Å². The minimum atomic E-state index is -0.0602. The number of hydrogen-bond donors (Lipinski definition) is 0. The van der Waals surface area contributed by atoms with Crippen LogP contribution in [0.4, 0.5) is 0 Å². The van der Waals surface area contributed by atoms with E-state index in [9.17, 15) is 0 Å². The highest BCUT2D eigenvalue weighted by Crippen LogP contribution is 2.34. The normalized spacial score (nSPS) is 19.1. The second kappa shape index (κ2) is 3.83. The lowest BCUT2D eigenvalue weighted by molar-refractivity contribution is 0.0846. The Morgan fingerprint density at radius 2 is 2.19 bits per heavy atom. The molecule has 0 fully saturated rings. The molecular formula is C14H17NO. The maximum atomic E-state index is 8.89. The van der Waals surface area contributed by atoms with Gasteiger partial charge >= 0.3 is 0 Å². The lowest BCUT2D eigenvalue weighted by atomic mass is 9.91. The smallest absolute Gasteiger partial charge is 0.123 e. The Kier molecular flexibility index (Phi) is 2.63. The Morgan fingerprint density at radius 1 is 1.44 bits per heavy atom. The highest BCUT2D eigenvalue weighted by atomic mass is 16.5. The van der Waals surface area contributed by atoms with Crippen LogP contribution in [0.2, 0.25) is 0 Å². The first-order valence-corrected chi connectivity index (χ1v) is 5.73. The van der Waals surface area contributed by atoms with E-state index >= 15 is 0 Å². The molecule has 0 amide bonds. The van der Waals surface area contributed by atoms with Crippen LogP contribution >= 0.6 is 0 Å². The Balaban J connectivity index is 2.32. The molecule has 1 aromatic rings. The van der Waals surface area contributed by atoms with Crippen molar-refractivity contribution in [3.8, 4) is 11.8 Å². The minimum absolute atomic E-state index is 0.0414. The summed E-state index contributed by atoms with van der Waals surface area (Å²) in [5.41, 5.74) is 2.26. The molecule has 84 valence electrons. The number of fused-ring (bicyclic) bond motifs is 1. The molecule has 0 radical (unpaired) electrons. The van der Waals surface area contributed by atoms with Crippen molar-refractivity contribution in [3.05, 3.63) is 29.3 Å². The molecule has 0 aromatic heterocycles. The Morgan fingerprint density at radius 3 is 2.88 bits per heavy atom. The van der Waals surface area contributed by atoms with Crippen LogP contribution in [-0.2, 0) is 6.42 Å². The van der Waals surface area contributed by atoms with E-state index in [4.69, 9.17) is 10.00 Å². The Bertz CT molecular complexity index is 443. The number of nitrogens with zero attached hydrogens (tertiary/aromatic N) is 1. The largest absolute Gasteiger partial charge is 0.488 e. The van der Waals surface area contributed by atoms with E-state index < -0.39 is 0 Å². The van der Waals surface area contributed by atoms with Crippen LogP contribution in [-0.4, -0.2) is 5.60 Å². The molecule has 0 N–H and O–H groups in total. The van der Waals surface area contributed by atoms with Gasteiger partial charge in [0.1, 0.15) is 11.4 Å². The molecule has 0 bridgehead atoms. The average Bonchev–Trinajstić information content (AvgIpc) is 2.26. The molecule has 1 aliphatic heterocycles. The van der Waals surface area contributed by atoms with Crippen molar-refractivity contribution in [3.63, 3.8) is 0 Å². The van der Waals surface area contributed by atoms with Crippen molar-refractivity contribution in [2.45, 2.75) is 45.1 Å². The van der Waals surface area contributed by atoms with Gasteiger partial charge in [0.05, 0.1) is 12.0 Å². The SMILES string of the molecule is CC(C#N)c1ccc2c(c1)CCC(C)(C)O2. The first kappa shape index (κ1) is 11.0. The summed E-state index contributed by atoms with van der Waals surface area (Å²) in [6, 6.07) is 8.37. The van der Waals surface area contributed by atoms with E-state index in [1.807, 2.05) is 19.1 Å². The van der Waals surface area contributed by atoms with Gasteiger partial charge < -0.3 is 4.74 Å². The van der Waals surface area contributed by atoms with Crippen LogP contribution in [0.25, 0.3) is 0 Å². The molecule has 1 unspecified atom stereocenters. The molecule has 1 atom stereocenters. The molecule has 2 heteroatoms. The molecule has 0 saturated heterocycles. The van der Waals surface area contributed by atoms with Crippen molar-refractivity contribution in [1.29, 1.82) is 5.26 Å². The molecule has 2 nitrogen and oxygen atoms in total. The standard InChI is InChI=1S/C14H17NO/c1-10(9-15)11-4-5-13-12(8-11)6-7-14(2,3)16-13/h4-5,8,10H,6-7H2,1-3H3. The third kappa shape index (κ3) is 2.04. The lowest BCUT2D eigenvalue weighted by Crippen LogP contribution is -2.32. The fourth-order valence-electron chi connectivity index (χ4n) is 2.02. The highest BCUT2D eigenvalue weighted by molar-refractivity contribution is 5.41. The zero-order chi connectivity index (χ0) is 11.8. The summed E-state index contributed by atoms with van der Waals surface area (Å²) in [5.74, 6) is 0.936.